The highest BCUT2D eigenvalue weighted by Gasteiger charge is 2.23. The Morgan fingerprint density at radius 3 is 2.30 bits per heavy atom. The molecule has 0 saturated heterocycles. The molecule has 0 spiro atoms. The third-order valence-corrected chi connectivity index (χ3v) is 5.21. The van der Waals surface area contributed by atoms with Gasteiger partial charge in [0.15, 0.2) is 0 Å². The maximum atomic E-state index is 12.1. The zero-order valence-electron chi connectivity index (χ0n) is 14.3. The van der Waals surface area contributed by atoms with Crippen LogP contribution < -0.4 is 0 Å². The van der Waals surface area contributed by atoms with Gasteiger partial charge in [-0.25, -0.2) is 0 Å². The summed E-state index contributed by atoms with van der Waals surface area (Å²) in [5.74, 6) is 0.779. The lowest BCUT2D eigenvalue weighted by Crippen LogP contribution is -2.09. The maximum Gasteiger partial charge on any atom is 0.295 e. The van der Waals surface area contributed by atoms with E-state index < -0.39 is 10.1 Å². The van der Waals surface area contributed by atoms with Crippen molar-refractivity contribution in [2.75, 3.05) is 0 Å². The van der Waals surface area contributed by atoms with Gasteiger partial charge in [-0.3, -0.25) is 4.55 Å². The molecule has 2 rings (SSSR count). The van der Waals surface area contributed by atoms with E-state index >= 15 is 0 Å². The molecule has 0 atom stereocenters. The van der Waals surface area contributed by atoms with Crippen LogP contribution in [0.5, 0.6) is 0 Å². The monoisotopic (exact) mass is 334 g/mol. The Balaban J connectivity index is 2.71. The van der Waals surface area contributed by atoms with Gasteiger partial charge in [0.2, 0.25) is 0 Å². The molecular weight excluding hydrogens is 308 g/mol. The minimum atomic E-state index is -4.27. The fourth-order valence-electron chi connectivity index (χ4n) is 3.13. The van der Waals surface area contributed by atoms with Crippen molar-refractivity contribution in [3.05, 3.63) is 41.5 Å². The molecule has 3 nitrogen and oxygen atoms in total. The highest BCUT2D eigenvalue weighted by atomic mass is 32.2. The average Bonchev–Trinajstić information content (AvgIpc) is 2.44. The molecule has 0 aliphatic carbocycles. The summed E-state index contributed by atoms with van der Waals surface area (Å²) in [6, 6.07) is 9.43. The van der Waals surface area contributed by atoms with Gasteiger partial charge in [-0.1, -0.05) is 64.4 Å². The van der Waals surface area contributed by atoms with Crippen LogP contribution >= 0.6 is 0 Å². The predicted octanol–water partition coefficient (Wildman–Crippen LogP) is 5.19. The lowest BCUT2D eigenvalue weighted by atomic mass is 9.90. The van der Waals surface area contributed by atoms with Crippen molar-refractivity contribution in [3.8, 4) is 0 Å². The molecule has 2 aromatic carbocycles. The quantitative estimate of drug-likeness (QED) is 0.740. The first-order valence-corrected chi connectivity index (χ1v) is 9.67. The summed E-state index contributed by atoms with van der Waals surface area (Å²) in [6.07, 6.45) is 2.62. The smallest absolute Gasteiger partial charge is 0.282 e. The number of fused-ring (bicyclic) bond motifs is 1. The van der Waals surface area contributed by atoms with Crippen LogP contribution in [0.3, 0.4) is 0 Å². The highest BCUT2D eigenvalue weighted by Crippen LogP contribution is 2.34. The SMILES string of the molecule is CC(C)CCCc1c(C(C)C)cc2ccccc2c1S(=O)(=O)O. The Morgan fingerprint density at radius 2 is 1.74 bits per heavy atom. The van der Waals surface area contributed by atoms with Crippen LogP contribution in [0.2, 0.25) is 0 Å². The van der Waals surface area contributed by atoms with E-state index in [1.807, 2.05) is 18.2 Å². The Bertz CT molecular complexity index is 790. The molecule has 0 fully saturated rings. The molecule has 0 radical (unpaired) electrons. The fourth-order valence-corrected chi connectivity index (χ4v) is 4.13. The van der Waals surface area contributed by atoms with Crippen molar-refractivity contribution in [3.63, 3.8) is 0 Å². The average molecular weight is 334 g/mol. The second-order valence-corrected chi connectivity index (χ2v) is 8.27. The lowest BCUT2D eigenvalue weighted by Gasteiger charge is -2.19. The predicted molar refractivity (Wildman–Crippen MR) is 95.6 cm³/mol. The summed E-state index contributed by atoms with van der Waals surface area (Å²) in [6.45, 7) is 8.44. The van der Waals surface area contributed by atoms with Crippen LogP contribution in [0.15, 0.2) is 35.2 Å². The number of hydrogen-bond acceptors (Lipinski definition) is 2. The lowest BCUT2D eigenvalue weighted by molar-refractivity contribution is 0.482. The topological polar surface area (TPSA) is 54.4 Å². The molecule has 1 N–H and O–H groups in total. The summed E-state index contributed by atoms with van der Waals surface area (Å²) >= 11 is 0. The van der Waals surface area contributed by atoms with Gasteiger partial charge in [0.25, 0.3) is 10.1 Å². The summed E-state index contributed by atoms with van der Waals surface area (Å²) in [5.41, 5.74) is 1.79. The molecule has 0 bridgehead atoms. The van der Waals surface area contributed by atoms with Gasteiger partial charge in [0.05, 0.1) is 0 Å². The molecule has 126 valence electrons. The molecule has 2 aromatic rings. The molecule has 0 unspecified atom stereocenters. The van der Waals surface area contributed by atoms with Crippen molar-refractivity contribution >= 4 is 20.9 Å². The zero-order chi connectivity index (χ0) is 17.2. The second kappa shape index (κ2) is 7.02. The highest BCUT2D eigenvalue weighted by molar-refractivity contribution is 7.86. The van der Waals surface area contributed by atoms with Gasteiger partial charge in [0, 0.05) is 5.39 Å². The molecule has 4 heteroatoms. The van der Waals surface area contributed by atoms with Crippen LogP contribution in [0, 0.1) is 5.92 Å². The van der Waals surface area contributed by atoms with Crippen LogP contribution in [-0.2, 0) is 16.5 Å². The van der Waals surface area contributed by atoms with Crippen molar-refractivity contribution in [2.45, 2.75) is 57.8 Å². The number of rotatable bonds is 6. The van der Waals surface area contributed by atoms with Crippen LogP contribution in [-0.4, -0.2) is 13.0 Å². The number of benzene rings is 2. The van der Waals surface area contributed by atoms with E-state index in [4.69, 9.17) is 0 Å². The normalized spacial score (nSPS) is 12.5. The maximum absolute atomic E-state index is 12.1. The van der Waals surface area contributed by atoms with Gasteiger partial charge in [-0.15, -0.1) is 0 Å². The van der Waals surface area contributed by atoms with E-state index in [1.54, 1.807) is 6.07 Å². The van der Waals surface area contributed by atoms with Gasteiger partial charge in [0.1, 0.15) is 4.90 Å². The zero-order valence-corrected chi connectivity index (χ0v) is 15.2. The van der Waals surface area contributed by atoms with Gasteiger partial charge in [-0.2, -0.15) is 8.42 Å². The third-order valence-electron chi connectivity index (χ3n) is 4.23. The van der Waals surface area contributed by atoms with E-state index in [0.717, 1.165) is 29.4 Å². The fraction of sp³-hybridized carbons (Fsp3) is 0.474. The van der Waals surface area contributed by atoms with Crippen molar-refractivity contribution in [1.29, 1.82) is 0 Å². The Kier molecular flexibility index (Phi) is 5.48. The third kappa shape index (κ3) is 4.12. The summed E-state index contributed by atoms with van der Waals surface area (Å²) < 4.78 is 34.0. The molecular formula is C19H26O3S. The first kappa shape index (κ1) is 18.0. The molecule has 0 saturated carbocycles. The Hall–Kier alpha value is -1.39. The molecule has 0 heterocycles. The van der Waals surface area contributed by atoms with Crippen molar-refractivity contribution in [2.24, 2.45) is 5.92 Å². The van der Waals surface area contributed by atoms with E-state index in [0.29, 0.717) is 17.7 Å². The van der Waals surface area contributed by atoms with E-state index in [1.165, 1.54) is 0 Å². The Morgan fingerprint density at radius 1 is 1.09 bits per heavy atom. The minimum absolute atomic E-state index is 0.100. The molecule has 0 amide bonds. The number of hydrogen-bond donors (Lipinski definition) is 1. The second-order valence-electron chi connectivity index (χ2n) is 6.91. The van der Waals surface area contributed by atoms with E-state index in [2.05, 4.69) is 33.8 Å². The summed E-state index contributed by atoms with van der Waals surface area (Å²) in [5, 5.41) is 1.47. The summed E-state index contributed by atoms with van der Waals surface area (Å²) in [7, 11) is -4.27. The van der Waals surface area contributed by atoms with Crippen LogP contribution in [0.1, 0.15) is 57.6 Å². The first-order chi connectivity index (χ1) is 10.7. The van der Waals surface area contributed by atoms with Crippen molar-refractivity contribution < 1.29 is 13.0 Å². The van der Waals surface area contributed by atoms with Gasteiger partial charge in [-0.05, 0) is 41.2 Å². The Labute approximate surface area is 139 Å². The van der Waals surface area contributed by atoms with Gasteiger partial charge >= 0.3 is 0 Å². The largest absolute Gasteiger partial charge is 0.295 e. The van der Waals surface area contributed by atoms with E-state index in [9.17, 15) is 13.0 Å². The molecule has 0 aliphatic heterocycles. The molecule has 0 aliphatic rings. The van der Waals surface area contributed by atoms with Gasteiger partial charge < -0.3 is 0 Å². The van der Waals surface area contributed by atoms with Crippen LogP contribution in [0.4, 0.5) is 0 Å². The first-order valence-electron chi connectivity index (χ1n) is 8.23. The molecule has 23 heavy (non-hydrogen) atoms. The summed E-state index contributed by atoms with van der Waals surface area (Å²) in [4.78, 5) is 0.100. The standard InChI is InChI=1S/C19H26O3S/c1-13(2)8-7-11-17-18(14(3)4)12-15-9-5-6-10-16(15)19(17)23(20,21)22/h5-6,9-10,12-14H,7-8,11H2,1-4H3,(H,20,21,22). The van der Waals surface area contributed by atoms with Crippen LogP contribution in [0.25, 0.3) is 10.8 Å². The van der Waals surface area contributed by atoms with E-state index in [-0.39, 0.29) is 10.8 Å². The molecule has 0 aromatic heterocycles. The van der Waals surface area contributed by atoms with Crippen molar-refractivity contribution in [1.82, 2.24) is 0 Å². The minimum Gasteiger partial charge on any atom is -0.282 e.